The predicted molar refractivity (Wildman–Crippen MR) is 86.8 cm³/mol. The van der Waals surface area contributed by atoms with Crippen LogP contribution in [-0.2, 0) is 11.3 Å². The molecule has 0 bridgehead atoms. The third-order valence-electron chi connectivity index (χ3n) is 3.08. The normalized spacial score (nSPS) is 10.5. The zero-order chi connectivity index (χ0) is 16.2. The molecule has 23 heavy (non-hydrogen) atoms. The number of benzene rings is 1. The van der Waals surface area contributed by atoms with Crippen molar-refractivity contribution in [1.29, 1.82) is 0 Å². The van der Waals surface area contributed by atoms with Crippen molar-refractivity contribution in [3.63, 3.8) is 0 Å². The standard InChI is InChI=1S/C16H12FN3O2S/c17-11-3-1-4-12(7-11)19-15(21)9-20-10-18-13(8-16(20)22)14-5-2-6-23-14/h1-8,10H,9H2,(H,19,21). The van der Waals surface area contributed by atoms with E-state index >= 15 is 0 Å². The lowest BCUT2D eigenvalue weighted by atomic mass is 10.3. The molecule has 5 nitrogen and oxygen atoms in total. The van der Waals surface area contributed by atoms with Gasteiger partial charge in [0, 0.05) is 11.8 Å². The van der Waals surface area contributed by atoms with Crippen LogP contribution in [0.2, 0.25) is 0 Å². The van der Waals surface area contributed by atoms with Crippen LogP contribution in [0.25, 0.3) is 10.6 Å². The average Bonchev–Trinajstić information content (AvgIpc) is 3.03. The molecule has 0 aliphatic rings. The van der Waals surface area contributed by atoms with Crippen LogP contribution < -0.4 is 10.9 Å². The molecular weight excluding hydrogens is 317 g/mol. The van der Waals surface area contributed by atoms with Crippen LogP contribution in [0.5, 0.6) is 0 Å². The van der Waals surface area contributed by atoms with E-state index in [0.717, 1.165) is 4.88 Å². The molecule has 1 amide bonds. The van der Waals surface area contributed by atoms with E-state index in [4.69, 9.17) is 0 Å². The number of thiophene rings is 1. The highest BCUT2D eigenvalue weighted by Gasteiger charge is 2.08. The maximum atomic E-state index is 13.1. The van der Waals surface area contributed by atoms with E-state index in [-0.39, 0.29) is 12.1 Å². The molecule has 0 aliphatic heterocycles. The minimum Gasteiger partial charge on any atom is -0.324 e. The van der Waals surface area contributed by atoms with Crippen LogP contribution in [0.4, 0.5) is 10.1 Å². The maximum absolute atomic E-state index is 13.1. The number of hydrogen-bond donors (Lipinski definition) is 1. The number of carbonyl (C=O) groups is 1. The van der Waals surface area contributed by atoms with Crippen LogP contribution in [-0.4, -0.2) is 15.5 Å². The number of rotatable bonds is 4. The van der Waals surface area contributed by atoms with E-state index in [0.29, 0.717) is 11.4 Å². The fourth-order valence-corrected chi connectivity index (χ4v) is 2.72. The van der Waals surface area contributed by atoms with E-state index in [2.05, 4.69) is 10.3 Å². The summed E-state index contributed by atoms with van der Waals surface area (Å²) >= 11 is 1.48. The Balaban J connectivity index is 1.73. The Morgan fingerprint density at radius 1 is 1.26 bits per heavy atom. The van der Waals surface area contributed by atoms with Gasteiger partial charge in [0.05, 0.1) is 16.9 Å². The molecule has 1 aromatic carbocycles. The molecule has 2 aromatic heterocycles. The minimum atomic E-state index is -0.443. The van der Waals surface area contributed by atoms with Crippen LogP contribution in [0.1, 0.15) is 0 Å². The molecule has 3 aromatic rings. The van der Waals surface area contributed by atoms with Gasteiger partial charge in [0.2, 0.25) is 5.91 Å². The second-order valence-electron chi connectivity index (χ2n) is 4.78. The molecule has 0 saturated heterocycles. The molecule has 1 N–H and O–H groups in total. The summed E-state index contributed by atoms with van der Waals surface area (Å²) in [5, 5.41) is 4.43. The Labute approximate surface area is 135 Å². The largest absolute Gasteiger partial charge is 0.324 e. The van der Waals surface area contributed by atoms with Gasteiger partial charge in [-0.1, -0.05) is 12.1 Å². The molecule has 0 saturated carbocycles. The predicted octanol–water partition coefficient (Wildman–Crippen LogP) is 2.75. The van der Waals surface area contributed by atoms with E-state index in [9.17, 15) is 14.0 Å². The maximum Gasteiger partial charge on any atom is 0.254 e. The second-order valence-corrected chi connectivity index (χ2v) is 5.72. The number of halogens is 1. The monoisotopic (exact) mass is 329 g/mol. The van der Waals surface area contributed by atoms with Gasteiger partial charge in [0.15, 0.2) is 0 Å². The van der Waals surface area contributed by atoms with E-state index in [1.54, 1.807) is 6.07 Å². The Hall–Kier alpha value is -2.80. The van der Waals surface area contributed by atoms with Crippen molar-refractivity contribution in [3.8, 4) is 10.6 Å². The molecule has 2 heterocycles. The van der Waals surface area contributed by atoms with Crippen molar-refractivity contribution >= 4 is 22.9 Å². The molecule has 3 rings (SSSR count). The molecule has 0 radical (unpaired) electrons. The molecule has 0 atom stereocenters. The van der Waals surface area contributed by atoms with Gasteiger partial charge in [-0.15, -0.1) is 11.3 Å². The summed E-state index contributed by atoms with van der Waals surface area (Å²) in [5.41, 5.74) is 0.593. The zero-order valence-corrected chi connectivity index (χ0v) is 12.7. The fourth-order valence-electron chi connectivity index (χ4n) is 2.03. The third-order valence-corrected chi connectivity index (χ3v) is 3.97. The van der Waals surface area contributed by atoms with Gasteiger partial charge in [-0.25, -0.2) is 9.37 Å². The smallest absolute Gasteiger partial charge is 0.254 e. The highest BCUT2D eigenvalue weighted by molar-refractivity contribution is 7.13. The van der Waals surface area contributed by atoms with Gasteiger partial charge in [0.25, 0.3) is 5.56 Å². The Morgan fingerprint density at radius 2 is 2.13 bits per heavy atom. The summed E-state index contributed by atoms with van der Waals surface area (Å²) in [6, 6.07) is 10.7. The number of nitrogens with zero attached hydrogens (tertiary/aromatic N) is 2. The van der Waals surface area contributed by atoms with Crippen molar-refractivity contribution < 1.29 is 9.18 Å². The Morgan fingerprint density at radius 3 is 2.83 bits per heavy atom. The number of hydrogen-bond acceptors (Lipinski definition) is 4. The van der Waals surface area contributed by atoms with Gasteiger partial charge in [-0.3, -0.25) is 14.2 Å². The molecule has 0 fully saturated rings. The summed E-state index contributed by atoms with van der Waals surface area (Å²) in [5.74, 6) is -0.870. The van der Waals surface area contributed by atoms with Gasteiger partial charge >= 0.3 is 0 Å². The Bertz CT molecular complexity index is 890. The van der Waals surface area contributed by atoms with Crippen LogP contribution in [0.3, 0.4) is 0 Å². The topological polar surface area (TPSA) is 64.0 Å². The number of aromatic nitrogens is 2. The fraction of sp³-hybridized carbons (Fsp3) is 0.0625. The van der Waals surface area contributed by atoms with Crippen molar-refractivity contribution in [2.75, 3.05) is 5.32 Å². The summed E-state index contributed by atoms with van der Waals surface area (Å²) in [4.78, 5) is 29.1. The van der Waals surface area contributed by atoms with Crippen molar-refractivity contribution in [2.45, 2.75) is 6.54 Å². The highest BCUT2D eigenvalue weighted by atomic mass is 32.1. The third kappa shape index (κ3) is 3.70. The van der Waals surface area contributed by atoms with Crippen molar-refractivity contribution in [3.05, 3.63) is 70.3 Å². The SMILES string of the molecule is O=C(Cn1cnc(-c2cccs2)cc1=O)Nc1cccc(F)c1. The van der Waals surface area contributed by atoms with Crippen LogP contribution >= 0.6 is 11.3 Å². The number of carbonyl (C=O) groups excluding carboxylic acids is 1. The van der Waals surface area contributed by atoms with Crippen LogP contribution in [0, 0.1) is 5.82 Å². The quantitative estimate of drug-likeness (QED) is 0.800. The highest BCUT2D eigenvalue weighted by Crippen LogP contribution is 2.20. The minimum absolute atomic E-state index is 0.187. The first-order chi connectivity index (χ1) is 11.1. The number of anilines is 1. The van der Waals surface area contributed by atoms with Gasteiger partial charge < -0.3 is 5.32 Å². The molecule has 7 heteroatoms. The summed E-state index contributed by atoms with van der Waals surface area (Å²) in [6.07, 6.45) is 1.34. The number of amides is 1. The van der Waals surface area contributed by atoms with Crippen molar-refractivity contribution in [1.82, 2.24) is 9.55 Å². The first-order valence-electron chi connectivity index (χ1n) is 6.77. The summed E-state index contributed by atoms with van der Waals surface area (Å²) < 4.78 is 14.3. The molecule has 116 valence electrons. The zero-order valence-electron chi connectivity index (χ0n) is 11.9. The number of nitrogens with one attached hydrogen (secondary N) is 1. The van der Waals surface area contributed by atoms with Crippen LogP contribution in [0.15, 0.2) is 59.0 Å². The van der Waals surface area contributed by atoms with Gasteiger partial charge in [0.1, 0.15) is 12.4 Å². The molecule has 0 aliphatic carbocycles. The van der Waals surface area contributed by atoms with E-state index < -0.39 is 11.7 Å². The van der Waals surface area contributed by atoms with Crippen molar-refractivity contribution in [2.24, 2.45) is 0 Å². The first kappa shape index (κ1) is 15.1. The molecule has 0 spiro atoms. The lowest BCUT2D eigenvalue weighted by Crippen LogP contribution is -2.27. The molecular formula is C16H12FN3O2S. The lowest BCUT2D eigenvalue weighted by Gasteiger charge is -2.07. The van der Waals surface area contributed by atoms with Gasteiger partial charge in [-0.2, -0.15) is 0 Å². The first-order valence-corrected chi connectivity index (χ1v) is 7.65. The van der Waals surface area contributed by atoms with E-state index in [1.165, 1.54) is 46.5 Å². The lowest BCUT2D eigenvalue weighted by molar-refractivity contribution is -0.116. The second kappa shape index (κ2) is 6.53. The average molecular weight is 329 g/mol. The summed E-state index contributed by atoms with van der Waals surface area (Å²) in [7, 11) is 0. The Kier molecular flexibility index (Phi) is 4.29. The van der Waals surface area contributed by atoms with E-state index in [1.807, 2.05) is 17.5 Å². The summed E-state index contributed by atoms with van der Waals surface area (Å²) in [6.45, 7) is -0.187. The molecule has 0 unspecified atom stereocenters. The van der Waals surface area contributed by atoms with Gasteiger partial charge in [-0.05, 0) is 29.6 Å².